The molecule has 4 heteroatoms. The Labute approximate surface area is 88.6 Å². The van der Waals surface area contributed by atoms with Crippen LogP contribution in [0.3, 0.4) is 0 Å². The maximum Gasteiger partial charge on any atom is 0.373 e. The van der Waals surface area contributed by atoms with E-state index in [1.165, 1.54) is 20.0 Å². The number of piperidine rings is 1. The number of ether oxygens (including phenoxy) is 1. The molecule has 82 valence electrons. The van der Waals surface area contributed by atoms with Gasteiger partial charge in [-0.05, 0) is 31.5 Å². The van der Waals surface area contributed by atoms with Crippen LogP contribution in [-0.4, -0.2) is 19.6 Å². The SMILES string of the molecule is COC(=O)c1ccc(C2CCCCN2)o1. The van der Waals surface area contributed by atoms with Gasteiger partial charge in [0.2, 0.25) is 5.76 Å². The largest absolute Gasteiger partial charge is 0.463 e. The van der Waals surface area contributed by atoms with E-state index >= 15 is 0 Å². The predicted octanol–water partition coefficient (Wildman–Crippen LogP) is 1.88. The molecule has 0 amide bonds. The molecule has 0 saturated carbocycles. The Balaban J connectivity index is 2.08. The van der Waals surface area contributed by atoms with E-state index in [-0.39, 0.29) is 11.8 Å². The summed E-state index contributed by atoms with van der Waals surface area (Å²) in [6.45, 7) is 1.01. The van der Waals surface area contributed by atoms with E-state index in [4.69, 9.17) is 4.42 Å². The molecule has 1 atom stereocenters. The molecule has 1 aromatic rings. The zero-order valence-corrected chi connectivity index (χ0v) is 8.79. The smallest absolute Gasteiger partial charge is 0.373 e. The average molecular weight is 209 g/mol. The van der Waals surface area contributed by atoms with E-state index in [0.29, 0.717) is 0 Å². The second-order valence-electron chi connectivity index (χ2n) is 3.70. The number of rotatable bonds is 2. The van der Waals surface area contributed by atoms with Gasteiger partial charge >= 0.3 is 5.97 Å². The van der Waals surface area contributed by atoms with Gasteiger partial charge in [0.1, 0.15) is 5.76 Å². The molecular formula is C11H15NO3. The minimum atomic E-state index is -0.419. The molecule has 0 radical (unpaired) electrons. The van der Waals surface area contributed by atoms with Crippen LogP contribution in [-0.2, 0) is 4.74 Å². The lowest BCUT2D eigenvalue weighted by atomic mass is 10.0. The molecule has 1 aromatic heterocycles. The molecule has 0 aromatic carbocycles. The van der Waals surface area contributed by atoms with Crippen molar-refractivity contribution in [1.82, 2.24) is 5.32 Å². The molecule has 1 fully saturated rings. The summed E-state index contributed by atoms with van der Waals surface area (Å²) in [6, 6.07) is 3.75. The minimum absolute atomic E-state index is 0.247. The van der Waals surface area contributed by atoms with Gasteiger partial charge in [0, 0.05) is 0 Å². The summed E-state index contributed by atoms with van der Waals surface area (Å²) in [4.78, 5) is 11.2. The second kappa shape index (κ2) is 4.49. The van der Waals surface area contributed by atoms with Gasteiger partial charge in [0.05, 0.1) is 13.2 Å². The molecule has 0 spiro atoms. The molecule has 1 N–H and O–H groups in total. The highest BCUT2D eigenvalue weighted by Crippen LogP contribution is 2.24. The van der Waals surface area contributed by atoms with Crippen molar-refractivity contribution in [1.29, 1.82) is 0 Å². The van der Waals surface area contributed by atoms with Crippen molar-refractivity contribution < 1.29 is 13.9 Å². The fourth-order valence-electron chi connectivity index (χ4n) is 1.85. The fraction of sp³-hybridized carbons (Fsp3) is 0.545. The average Bonchev–Trinajstić information content (AvgIpc) is 2.78. The number of methoxy groups -OCH3 is 1. The molecule has 1 unspecified atom stereocenters. The van der Waals surface area contributed by atoms with Crippen molar-refractivity contribution in [2.75, 3.05) is 13.7 Å². The predicted molar refractivity (Wildman–Crippen MR) is 54.6 cm³/mol. The first-order valence-corrected chi connectivity index (χ1v) is 5.22. The fourth-order valence-corrected chi connectivity index (χ4v) is 1.85. The van der Waals surface area contributed by atoms with Crippen molar-refractivity contribution in [2.24, 2.45) is 0 Å². The number of carbonyl (C=O) groups excluding carboxylic acids is 1. The van der Waals surface area contributed by atoms with Gasteiger partial charge in [-0.3, -0.25) is 0 Å². The summed E-state index contributed by atoms with van der Waals surface area (Å²) in [6.07, 6.45) is 3.47. The Morgan fingerprint density at radius 1 is 1.53 bits per heavy atom. The zero-order chi connectivity index (χ0) is 10.7. The lowest BCUT2D eigenvalue weighted by molar-refractivity contribution is 0.0561. The Kier molecular flexibility index (Phi) is 3.06. The van der Waals surface area contributed by atoms with Crippen LogP contribution < -0.4 is 5.32 Å². The number of carbonyl (C=O) groups is 1. The van der Waals surface area contributed by atoms with Crippen LogP contribution in [0.4, 0.5) is 0 Å². The quantitative estimate of drug-likeness (QED) is 0.755. The Morgan fingerprint density at radius 2 is 2.40 bits per heavy atom. The molecule has 1 saturated heterocycles. The van der Waals surface area contributed by atoms with Crippen molar-refractivity contribution in [3.63, 3.8) is 0 Å². The van der Waals surface area contributed by atoms with Crippen molar-refractivity contribution in [3.8, 4) is 0 Å². The normalized spacial score (nSPS) is 21.3. The third-order valence-electron chi connectivity index (χ3n) is 2.67. The van der Waals surface area contributed by atoms with Gasteiger partial charge in [-0.15, -0.1) is 0 Å². The molecule has 1 aliphatic rings. The van der Waals surface area contributed by atoms with Gasteiger partial charge < -0.3 is 14.5 Å². The van der Waals surface area contributed by atoms with E-state index in [2.05, 4.69) is 10.1 Å². The van der Waals surface area contributed by atoms with Crippen LogP contribution >= 0.6 is 0 Å². The molecule has 15 heavy (non-hydrogen) atoms. The summed E-state index contributed by atoms with van der Waals surface area (Å²) >= 11 is 0. The van der Waals surface area contributed by atoms with Crippen LogP contribution in [0.1, 0.15) is 41.6 Å². The van der Waals surface area contributed by atoms with Gasteiger partial charge in [-0.25, -0.2) is 4.79 Å². The number of nitrogens with one attached hydrogen (secondary N) is 1. The van der Waals surface area contributed by atoms with Crippen molar-refractivity contribution >= 4 is 5.97 Å². The van der Waals surface area contributed by atoms with Crippen LogP contribution in [0, 0.1) is 0 Å². The van der Waals surface area contributed by atoms with Crippen molar-refractivity contribution in [3.05, 3.63) is 23.7 Å². The minimum Gasteiger partial charge on any atom is -0.463 e. The van der Waals surface area contributed by atoms with Gasteiger partial charge in [0.25, 0.3) is 0 Å². The molecule has 2 rings (SSSR count). The summed E-state index contributed by atoms with van der Waals surface area (Å²) in [5, 5.41) is 3.36. The van der Waals surface area contributed by atoms with Gasteiger partial charge in [0.15, 0.2) is 0 Å². The van der Waals surface area contributed by atoms with Crippen molar-refractivity contribution in [2.45, 2.75) is 25.3 Å². The topological polar surface area (TPSA) is 51.5 Å². The first-order valence-electron chi connectivity index (χ1n) is 5.22. The van der Waals surface area contributed by atoms with E-state index in [1.54, 1.807) is 6.07 Å². The highest BCUT2D eigenvalue weighted by molar-refractivity contribution is 5.86. The third-order valence-corrected chi connectivity index (χ3v) is 2.67. The standard InChI is InChI=1S/C11H15NO3/c1-14-11(13)10-6-5-9(15-10)8-4-2-3-7-12-8/h5-6,8,12H,2-4,7H2,1H3. The highest BCUT2D eigenvalue weighted by atomic mass is 16.5. The zero-order valence-electron chi connectivity index (χ0n) is 8.79. The molecular weight excluding hydrogens is 194 g/mol. The van der Waals surface area contributed by atoms with Crippen LogP contribution in [0.2, 0.25) is 0 Å². The Bertz CT molecular complexity index is 339. The Morgan fingerprint density at radius 3 is 3.07 bits per heavy atom. The number of hydrogen-bond donors (Lipinski definition) is 1. The highest BCUT2D eigenvalue weighted by Gasteiger charge is 2.20. The third kappa shape index (κ3) is 2.21. The van der Waals surface area contributed by atoms with Crippen LogP contribution in [0.15, 0.2) is 16.5 Å². The molecule has 0 bridgehead atoms. The summed E-state index contributed by atoms with van der Waals surface area (Å²) in [7, 11) is 1.35. The first-order chi connectivity index (χ1) is 7.31. The van der Waals surface area contributed by atoms with Crippen LogP contribution in [0.25, 0.3) is 0 Å². The van der Waals surface area contributed by atoms with Gasteiger partial charge in [-0.1, -0.05) is 6.42 Å². The number of esters is 1. The molecule has 2 heterocycles. The van der Waals surface area contributed by atoms with E-state index in [0.717, 1.165) is 18.7 Å². The van der Waals surface area contributed by atoms with E-state index in [9.17, 15) is 4.79 Å². The molecule has 1 aliphatic heterocycles. The lowest BCUT2D eigenvalue weighted by Gasteiger charge is -2.21. The Hall–Kier alpha value is -1.29. The van der Waals surface area contributed by atoms with Gasteiger partial charge in [-0.2, -0.15) is 0 Å². The lowest BCUT2D eigenvalue weighted by Crippen LogP contribution is -2.26. The first kappa shape index (κ1) is 10.2. The summed E-state index contributed by atoms with van der Waals surface area (Å²) in [5.74, 6) is 0.687. The summed E-state index contributed by atoms with van der Waals surface area (Å²) < 4.78 is 10.0. The number of furan rings is 1. The molecule has 0 aliphatic carbocycles. The maximum absolute atomic E-state index is 11.2. The monoisotopic (exact) mass is 209 g/mol. The maximum atomic E-state index is 11.2. The van der Waals surface area contributed by atoms with Crippen LogP contribution in [0.5, 0.6) is 0 Å². The molecule has 4 nitrogen and oxygen atoms in total. The summed E-state index contributed by atoms with van der Waals surface area (Å²) in [5.41, 5.74) is 0. The number of hydrogen-bond acceptors (Lipinski definition) is 4. The second-order valence-corrected chi connectivity index (χ2v) is 3.70. The van der Waals surface area contributed by atoms with E-state index in [1.807, 2.05) is 6.07 Å². The van der Waals surface area contributed by atoms with E-state index < -0.39 is 5.97 Å².